The predicted octanol–water partition coefficient (Wildman–Crippen LogP) is 3.57. The van der Waals surface area contributed by atoms with Gasteiger partial charge >= 0.3 is 0 Å². The number of allylic oxidation sites excluding steroid dienone is 2. The van der Waals surface area contributed by atoms with E-state index in [1.165, 1.54) is 4.90 Å². The molecule has 0 radical (unpaired) electrons. The molecule has 2 fully saturated rings. The van der Waals surface area contributed by atoms with E-state index in [0.717, 1.165) is 12.0 Å². The molecule has 1 saturated heterocycles. The first-order chi connectivity index (χ1) is 14.0. The number of Topliss-reactive ketones (excluding diaryl/α,β-unsaturated/α-hetero) is 1. The van der Waals surface area contributed by atoms with Crippen molar-refractivity contribution in [2.24, 2.45) is 23.7 Å². The Bertz CT molecular complexity index is 1010. The quantitative estimate of drug-likeness (QED) is 0.447. The van der Waals surface area contributed by atoms with Crippen molar-refractivity contribution in [2.75, 3.05) is 11.5 Å². The highest BCUT2D eigenvalue weighted by atomic mass is 16.5. The molecule has 5 nitrogen and oxygen atoms in total. The number of fused-ring (bicyclic) bond motifs is 5. The normalized spacial score (nSPS) is 26.9. The number of hydrogen-bond acceptors (Lipinski definition) is 4. The first-order valence-corrected chi connectivity index (χ1v) is 9.92. The number of amides is 2. The second-order valence-corrected chi connectivity index (χ2v) is 8.06. The van der Waals surface area contributed by atoms with E-state index < -0.39 is 0 Å². The van der Waals surface area contributed by atoms with Gasteiger partial charge in [-0.1, -0.05) is 54.1 Å². The summed E-state index contributed by atoms with van der Waals surface area (Å²) in [5.41, 5.74) is 2.07. The summed E-state index contributed by atoms with van der Waals surface area (Å²) in [6.07, 6.45) is 5.04. The van der Waals surface area contributed by atoms with Crippen LogP contribution in [-0.4, -0.2) is 24.2 Å². The minimum absolute atomic E-state index is 0.155. The van der Waals surface area contributed by atoms with Crippen LogP contribution in [-0.2, 0) is 9.59 Å². The van der Waals surface area contributed by atoms with Crippen LogP contribution in [0.5, 0.6) is 5.75 Å². The summed E-state index contributed by atoms with van der Waals surface area (Å²) in [6, 6.07) is 14.2. The smallest absolute Gasteiger partial charge is 0.238 e. The van der Waals surface area contributed by atoms with Crippen LogP contribution >= 0.6 is 0 Å². The number of carbonyl (C=O) groups is 3. The SMILES string of the molecule is Cc1ccc(C(=O)COc2ccccc2N2C(=O)C3C4C=CC(C4)C3C2=O)cc1. The summed E-state index contributed by atoms with van der Waals surface area (Å²) in [7, 11) is 0. The molecule has 2 bridgehead atoms. The van der Waals surface area contributed by atoms with Crippen LogP contribution in [0.3, 0.4) is 0 Å². The molecule has 2 aliphatic carbocycles. The molecule has 1 aliphatic heterocycles. The number of aryl methyl sites for hydroxylation is 1. The van der Waals surface area contributed by atoms with Crippen LogP contribution in [0.1, 0.15) is 22.3 Å². The third-order valence-electron chi connectivity index (χ3n) is 6.31. The number of ketones is 1. The largest absolute Gasteiger partial charge is 0.483 e. The Hall–Kier alpha value is -3.21. The fraction of sp³-hybridized carbons (Fsp3) is 0.292. The highest BCUT2D eigenvalue weighted by Gasteiger charge is 2.59. The molecule has 2 amide bonds. The Balaban J connectivity index is 1.38. The van der Waals surface area contributed by atoms with Crippen molar-refractivity contribution in [3.63, 3.8) is 0 Å². The Morgan fingerprint density at radius 1 is 0.966 bits per heavy atom. The number of imide groups is 1. The molecule has 1 heterocycles. The van der Waals surface area contributed by atoms with Gasteiger partial charge in [-0.3, -0.25) is 14.4 Å². The number of nitrogens with zero attached hydrogens (tertiary/aromatic N) is 1. The maximum absolute atomic E-state index is 13.1. The van der Waals surface area contributed by atoms with Gasteiger partial charge in [0.25, 0.3) is 0 Å². The number of anilines is 1. The second kappa shape index (κ2) is 6.69. The summed E-state index contributed by atoms with van der Waals surface area (Å²) in [5, 5.41) is 0. The van der Waals surface area contributed by atoms with Crippen molar-refractivity contribution in [1.29, 1.82) is 0 Å². The second-order valence-electron chi connectivity index (χ2n) is 8.06. The molecule has 1 saturated carbocycles. The number of para-hydroxylation sites is 2. The topological polar surface area (TPSA) is 63.7 Å². The summed E-state index contributed by atoms with van der Waals surface area (Å²) in [6.45, 7) is 1.80. The number of carbonyl (C=O) groups excluding carboxylic acids is 3. The molecule has 5 heteroatoms. The van der Waals surface area contributed by atoms with Crippen LogP contribution in [0.15, 0.2) is 60.7 Å². The summed E-state index contributed by atoms with van der Waals surface area (Å²) in [4.78, 5) is 39.9. The minimum Gasteiger partial charge on any atom is -0.483 e. The van der Waals surface area contributed by atoms with Gasteiger partial charge in [0.15, 0.2) is 12.4 Å². The van der Waals surface area contributed by atoms with E-state index in [4.69, 9.17) is 4.74 Å². The Labute approximate surface area is 169 Å². The van der Waals surface area contributed by atoms with Crippen LogP contribution in [0, 0.1) is 30.6 Å². The highest BCUT2D eigenvalue weighted by molar-refractivity contribution is 6.23. The standard InChI is InChI=1S/C24H21NO4/c1-14-6-8-15(9-7-14)19(26)13-29-20-5-3-2-4-18(20)25-23(27)21-16-10-11-17(12-16)22(21)24(25)28/h2-11,16-17,21-22H,12-13H2,1H3. The van der Waals surface area contributed by atoms with Gasteiger partial charge in [0.2, 0.25) is 11.8 Å². The average Bonchev–Trinajstić information content (AvgIpc) is 3.41. The molecule has 0 N–H and O–H groups in total. The Morgan fingerprint density at radius 3 is 2.24 bits per heavy atom. The van der Waals surface area contributed by atoms with Gasteiger partial charge in [-0.25, -0.2) is 4.90 Å². The number of ether oxygens (including phenoxy) is 1. The summed E-state index contributed by atoms with van der Waals surface area (Å²) in [5.74, 6) is -0.312. The molecule has 5 rings (SSSR count). The van der Waals surface area contributed by atoms with Gasteiger partial charge in [-0.05, 0) is 37.3 Å². The highest BCUT2D eigenvalue weighted by Crippen LogP contribution is 2.53. The lowest BCUT2D eigenvalue weighted by molar-refractivity contribution is -0.123. The molecule has 146 valence electrons. The van der Waals surface area contributed by atoms with E-state index >= 15 is 0 Å². The molecule has 4 atom stereocenters. The van der Waals surface area contributed by atoms with Crippen LogP contribution in [0.4, 0.5) is 5.69 Å². The van der Waals surface area contributed by atoms with Gasteiger partial charge in [0.1, 0.15) is 5.75 Å². The van der Waals surface area contributed by atoms with Crippen LogP contribution < -0.4 is 9.64 Å². The average molecular weight is 387 g/mol. The molecular weight excluding hydrogens is 366 g/mol. The zero-order valence-electron chi connectivity index (χ0n) is 16.1. The Kier molecular flexibility index (Phi) is 4.12. The number of hydrogen-bond donors (Lipinski definition) is 0. The van der Waals surface area contributed by atoms with E-state index in [1.807, 2.05) is 19.1 Å². The van der Waals surface area contributed by atoms with Gasteiger partial charge in [0.05, 0.1) is 17.5 Å². The van der Waals surface area contributed by atoms with Gasteiger partial charge in [-0.15, -0.1) is 0 Å². The molecule has 2 aromatic carbocycles. The van der Waals surface area contributed by atoms with Crippen molar-refractivity contribution in [1.82, 2.24) is 0 Å². The van der Waals surface area contributed by atoms with Crippen molar-refractivity contribution < 1.29 is 19.1 Å². The van der Waals surface area contributed by atoms with E-state index in [-0.39, 0.29) is 47.9 Å². The minimum atomic E-state index is -0.264. The molecule has 29 heavy (non-hydrogen) atoms. The first-order valence-electron chi connectivity index (χ1n) is 9.92. The molecule has 4 unspecified atom stereocenters. The molecule has 0 aromatic heterocycles. The van der Waals surface area contributed by atoms with Gasteiger partial charge in [-0.2, -0.15) is 0 Å². The zero-order valence-corrected chi connectivity index (χ0v) is 16.1. The van der Waals surface area contributed by atoms with Crippen LogP contribution in [0.2, 0.25) is 0 Å². The lowest BCUT2D eigenvalue weighted by Crippen LogP contribution is -2.33. The molecule has 3 aliphatic rings. The Morgan fingerprint density at radius 2 is 1.59 bits per heavy atom. The van der Waals surface area contributed by atoms with E-state index in [9.17, 15) is 14.4 Å². The van der Waals surface area contributed by atoms with E-state index in [2.05, 4.69) is 12.2 Å². The zero-order chi connectivity index (χ0) is 20.1. The summed E-state index contributed by atoms with van der Waals surface area (Å²) < 4.78 is 5.77. The first kappa shape index (κ1) is 17.9. The lowest BCUT2D eigenvalue weighted by atomic mass is 9.85. The lowest BCUT2D eigenvalue weighted by Gasteiger charge is -2.20. The fourth-order valence-corrected chi connectivity index (χ4v) is 4.87. The maximum Gasteiger partial charge on any atom is 0.238 e. The fourth-order valence-electron chi connectivity index (χ4n) is 4.87. The van der Waals surface area contributed by atoms with E-state index in [0.29, 0.717) is 17.0 Å². The monoisotopic (exact) mass is 387 g/mol. The number of benzene rings is 2. The molecule has 0 spiro atoms. The third kappa shape index (κ3) is 2.80. The van der Waals surface area contributed by atoms with Gasteiger partial charge in [0, 0.05) is 5.56 Å². The van der Waals surface area contributed by atoms with E-state index in [1.54, 1.807) is 36.4 Å². The summed E-state index contributed by atoms with van der Waals surface area (Å²) >= 11 is 0. The maximum atomic E-state index is 13.1. The van der Waals surface area contributed by atoms with Gasteiger partial charge < -0.3 is 4.74 Å². The third-order valence-corrected chi connectivity index (χ3v) is 6.31. The van der Waals surface area contributed by atoms with Crippen molar-refractivity contribution in [3.8, 4) is 5.75 Å². The molecule has 2 aromatic rings. The number of rotatable bonds is 5. The van der Waals surface area contributed by atoms with Crippen molar-refractivity contribution in [2.45, 2.75) is 13.3 Å². The predicted molar refractivity (Wildman–Crippen MR) is 108 cm³/mol. The van der Waals surface area contributed by atoms with Crippen molar-refractivity contribution >= 4 is 23.3 Å². The molecular formula is C24H21NO4. The van der Waals surface area contributed by atoms with Crippen LogP contribution in [0.25, 0.3) is 0 Å². The van der Waals surface area contributed by atoms with Crippen molar-refractivity contribution in [3.05, 3.63) is 71.8 Å².